The van der Waals surface area contributed by atoms with E-state index in [9.17, 15) is 13.5 Å². The van der Waals surface area contributed by atoms with Crippen molar-refractivity contribution in [2.24, 2.45) is 5.14 Å². The number of nitrogen functional groups attached to an aromatic ring is 2. The van der Waals surface area contributed by atoms with Gasteiger partial charge in [-0.1, -0.05) is 11.3 Å². The van der Waals surface area contributed by atoms with Gasteiger partial charge in [-0.25, -0.2) is 18.5 Å². The number of anilines is 4. The Morgan fingerprint density at radius 1 is 1.15 bits per heavy atom. The molecule has 8 nitrogen and oxygen atoms in total. The Bertz CT molecular complexity index is 1040. The number of hydrogen-bond acceptors (Lipinski definition) is 9. The first kappa shape index (κ1) is 18.6. The molecule has 0 spiro atoms. The summed E-state index contributed by atoms with van der Waals surface area (Å²) in [5.74, 6) is 0.220. The van der Waals surface area contributed by atoms with Crippen LogP contribution in [0.25, 0.3) is 0 Å². The fourth-order valence-electron chi connectivity index (χ4n) is 2.36. The van der Waals surface area contributed by atoms with E-state index >= 15 is 0 Å². The molecule has 3 aromatic rings. The highest BCUT2D eigenvalue weighted by Gasteiger charge is 2.22. The van der Waals surface area contributed by atoms with Gasteiger partial charge in [-0.05, 0) is 42.8 Å². The second-order valence-electron chi connectivity index (χ2n) is 5.56. The number of nitrogens with one attached hydrogen (secondary N) is 1. The molecule has 26 heavy (non-hydrogen) atoms. The summed E-state index contributed by atoms with van der Waals surface area (Å²) < 4.78 is 22.6. The molecule has 0 bridgehead atoms. The summed E-state index contributed by atoms with van der Waals surface area (Å²) in [6, 6.07) is 7.71. The Labute approximate surface area is 158 Å². The summed E-state index contributed by atoms with van der Waals surface area (Å²) in [7, 11) is -3.74. The average molecular weight is 412 g/mol. The van der Waals surface area contributed by atoms with Crippen LogP contribution in [0.5, 0.6) is 0 Å². The Kier molecular flexibility index (Phi) is 4.90. The first-order chi connectivity index (χ1) is 12.1. The summed E-state index contributed by atoms with van der Waals surface area (Å²) in [5, 5.41) is 19.8. The molecule has 0 aliphatic rings. The number of rotatable bonds is 5. The van der Waals surface area contributed by atoms with Crippen molar-refractivity contribution in [1.29, 1.82) is 0 Å². The highest BCUT2D eigenvalue weighted by molar-refractivity contribution is 7.89. The van der Waals surface area contributed by atoms with E-state index in [4.69, 9.17) is 16.6 Å². The van der Waals surface area contributed by atoms with E-state index in [0.29, 0.717) is 20.7 Å². The van der Waals surface area contributed by atoms with E-state index in [1.807, 2.05) is 6.92 Å². The van der Waals surface area contributed by atoms with Gasteiger partial charge in [0.2, 0.25) is 10.0 Å². The zero-order valence-electron chi connectivity index (χ0n) is 13.6. The molecule has 8 N–H and O–H groups in total. The van der Waals surface area contributed by atoms with Crippen molar-refractivity contribution in [1.82, 2.24) is 4.98 Å². The topological polar surface area (TPSA) is 157 Å². The maximum atomic E-state index is 11.3. The van der Waals surface area contributed by atoms with Crippen LogP contribution < -0.4 is 21.9 Å². The van der Waals surface area contributed by atoms with Gasteiger partial charge in [0.1, 0.15) is 11.9 Å². The number of thiophene rings is 1. The number of aliphatic hydroxyl groups excluding tert-OH is 1. The smallest absolute Gasteiger partial charge is 0.238 e. The van der Waals surface area contributed by atoms with Crippen molar-refractivity contribution >= 4 is 54.3 Å². The molecule has 1 aromatic carbocycles. The van der Waals surface area contributed by atoms with Crippen LogP contribution in [0, 0.1) is 6.92 Å². The molecule has 138 valence electrons. The van der Waals surface area contributed by atoms with E-state index in [2.05, 4.69) is 10.3 Å². The molecule has 0 aliphatic heterocycles. The SMILES string of the molecule is Cc1cc(N)sc1C(O)c1sc(Nc2ccc(S(N)(=O)=O)cc2)nc1N. The molecule has 1 atom stereocenters. The summed E-state index contributed by atoms with van der Waals surface area (Å²) in [4.78, 5) is 5.47. The number of nitrogens with zero attached hydrogens (tertiary/aromatic N) is 1. The third-order valence-electron chi connectivity index (χ3n) is 3.59. The second-order valence-corrected chi connectivity index (χ2v) is 9.27. The van der Waals surface area contributed by atoms with Crippen molar-refractivity contribution in [2.75, 3.05) is 16.8 Å². The molecule has 0 fully saturated rings. The van der Waals surface area contributed by atoms with Crippen LogP contribution in [-0.4, -0.2) is 18.5 Å². The lowest BCUT2D eigenvalue weighted by Gasteiger charge is -2.07. The molecule has 2 heterocycles. The monoisotopic (exact) mass is 411 g/mol. The van der Waals surface area contributed by atoms with Crippen molar-refractivity contribution < 1.29 is 13.5 Å². The number of aryl methyl sites for hydroxylation is 1. The van der Waals surface area contributed by atoms with E-state index in [-0.39, 0.29) is 10.7 Å². The standard InChI is InChI=1S/C15H17N5O3S3/c1-7-6-10(16)24-12(7)11(21)13-14(17)20-15(25-13)19-8-2-4-9(5-3-8)26(18,22)23/h2-6,11,21H,16-17H2,1H3,(H,19,20)(H2,18,22,23). The van der Waals surface area contributed by atoms with E-state index in [1.165, 1.54) is 34.8 Å². The molecule has 1 unspecified atom stereocenters. The largest absolute Gasteiger partial charge is 0.391 e. The van der Waals surface area contributed by atoms with Crippen LogP contribution >= 0.6 is 22.7 Å². The zero-order chi connectivity index (χ0) is 19.1. The Balaban J connectivity index is 1.83. The molecular weight excluding hydrogens is 394 g/mol. The van der Waals surface area contributed by atoms with Gasteiger partial charge in [0.05, 0.1) is 14.8 Å². The molecule has 3 rings (SSSR count). The third-order valence-corrected chi connectivity index (χ3v) is 6.67. The number of benzene rings is 1. The lowest BCUT2D eigenvalue weighted by molar-refractivity contribution is 0.228. The second kappa shape index (κ2) is 6.85. The van der Waals surface area contributed by atoms with Crippen LogP contribution in [0.2, 0.25) is 0 Å². The first-order valence-electron chi connectivity index (χ1n) is 7.35. The van der Waals surface area contributed by atoms with E-state index < -0.39 is 16.1 Å². The predicted octanol–water partition coefficient (Wildman–Crippen LogP) is 2.15. The maximum Gasteiger partial charge on any atom is 0.238 e. The summed E-state index contributed by atoms with van der Waals surface area (Å²) in [6.45, 7) is 1.87. The first-order valence-corrected chi connectivity index (χ1v) is 10.5. The number of primary sulfonamides is 1. The van der Waals surface area contributed by atoms with Crippen LogP contribution in [0.3, 0.4) is 0 Å². The highest BCUT2D eigenvalue weighted by atomic mass is 32.2. The van der Waals surface area contributed by atoms with Crippen molar-refractivity contribution in [3.63, 3.8) is 0 Å². The van der Waals surface area contributed by atoms with Gasteiger partial charge in [0.15, 0.2) is 5.13 Å². The van der Waals surface area contributed by atoms with Gasteiger partial charge in [-0.15, -0.1) is 11.3 Å². The van der Waals surface area contributed by atoms with Gasteiger partial charge in [-0.2, -0.15) is 0 Å². The fourth-order valence-corrected chi connectivity index (χ4v) is 4.79. The zero-order valence-corrected chi connectivity index (χ0v) is 16.1. The summed E-state index contributed by atoms with van der Waals surface area (Å²) >= 11 is 2.52. The molecule has 2 aromatic heterocycles. The quantitative estimate of drug-likeness (QED) is 0.430. The molecule has 0 radical (unpaired) electrons. The lowest BCUT2D eigenvalue weighted by Crippen LogP contribution is -2.11. The number of hydrogen-bond donors (Lipinski definition) is 5. The molecule has 0 saturated carbocycles. The minimum Gasteiger partial charge on any atom is -0.391 e. The number of sulfonamides is 1. The van der Waals surface area contributed by atoms with Crippen LogP contribution in [0.4, 0.5) is 21.6 Å². The minimum absolute atomic E-state index is 0.0172. The van der Waals surface area contributed by atoms with Crippen molar-refractivity contribution in [3.05, 3.63) is 45.6 Å². The molecule has 0 saturated heterocycles. The predicted molar refractivity (Wildman–Crippen MR) is 105 cm³/mol. The molecule has 0 aliphatic carbocycles. The molecular formula is C15H17N5O3S3. The fraction of sp³-hybridized carbons (Fsp3) is 0.133. The van der Waals surface area contributed by atoms with E-state index in [0.717, 1.165) is 10.4 Å². The number of nitrogens with two attached hydrogens (primary N) is 3. The minimum atomic E-state index is -3.74. The van der Waals surface area contributed by atoms with Crippen LogP contribution in [-0.2, 0) is 10.0 Å². The number of thiazole rings is 1. The van der Waals surface area contributed by atoms with Gasteiger partial charge in [0, 0.05) is 10.6 Å². The van der Waals surface area contributed by atoms with Gasteiger partial charge in [0.25, 0.3) is 0 Å². The van der Waals surface area contributed by atoms with Crippen molar-refractivity contribution in [3.8, 4) is 0 Å². The summed E-state index contributed by atoms with van der Waals surface area (Å²) in [6.07, 6.45) is -0.907. The Hall–Kier alpha value is -2.18. The molecule has 0 amide bonds. The summed E-state index contributed by atoms with van der Waals surface area (Å²) in [5.41, 5.74) is 13.2. The van der Waals surface area contributed by atoms with Gasteiger partial charge in [-0.3, -0.25) is 0 Å². The van der Waals surface area contributed by atoms with Crippen LogP contribution in [0.1, 0.15) is 21.4 Å². The van der Waals surface area contributed by atoms with Crippen molar-refractivity contribution in [2.45, 2.75) is 17.9 Å². The normalized spacial score (nSPS) is 12.9. The molecule has 11 heteroatoms. The number of aromatic nitrogens is 1. The van der Waals surface area contributed by atoms with Gasteiger partial charge >= 0.3 is 0 Å². The van der Waals surface area contributed by atoms with Gasteiger partial charge < -0.3 is 21.9 Å². The maximum absolute atomic E-state index is 11.3. The van der Waals surface area contributed by atoms with E-state index in [1.54, 1.807) is 18.2 Å². The highest BCUT2D eigenvalue weighted by Crippen LogP contribution is 2.40. The number of aliphatic hydroxyl groups is 1. The lowest BCUT2D eigenvalue weighted by atomic mass is 10.2. The Morgan fingerprint density at radius 2 is 1.81 bits per heavy atom. The van der Waals surface area contributed by atoms with Crippen LogP contribution in [0.15, 0.2) is 35.2 Å². The Morgan fingerprint density at radius 3 is 2.35 bits per heavy atom. The third kappa shape index (κ3) is 3.81. The average Bonchev–Trinajstić information content (AvgIpc) is 3.08.